The second-order valence-corrected chi connectivity index (χ2v) is 6.34. The van der Waals surface area contributed by atoms with Crippen molar-refractivity contribution in [2.45, 2.75) is 48.8 Å². The maximum atomic E-state index is 5.58. The molecule has 0 unspecified atom stereocenters. The SMILES string of the molecule is Nc1ccc(SCc2ccn(C3CCCCC3)n2)cn1. The minimum atomic E-state index is 0.566. The molecule has 0 aliphatic heterocycles. The molecule has 20 heavy (non-hydrogen) atoms. The lowest BCUT2D eigenvalue weighted by molar-refractivity contribution is 0.328. The van der Waals surface area contributed by atoms with E-state index in [-0.39, 0.29) is 0 Å². The van der Waals surface area contributed by atoms with E-state index in [9.17, 15) is 0 Å². The lowest BCUT2D eigenvalue weighted by Crippen LogP contribution is -2.13. The zero-order valence-electron chi connectivity index (χ0n) is 11.5. The van der Waals surface area contributed by atoms with Gasteiger partial charge in [-0.3, -0.25) is 4.68 Å². The van der Waals surface area contributed by atoms with Crippen molar-refractivity contribution in [3.63, 3.8) is 0 Å². The van der Waals surface area contributed by atoms with Crippen LogP contribution in [0.4, 0.5) is 5.82 Å². The molecule has 3 rings (SSSR count). The Bertz CT molecular complexity index is 543. The van der Waals surface area contributed by atoms with Crippen molar-refractivity contribution in [1.29, 1.82) is 0 Å². The quantitative estimate of drug-likeness (QED) is 0.872. The number of nitrogens with zero attached hydrogens (tertiary/aromatic N) is 3. The van der Waals surface area contributed by atoms with Crippen LogP contribution in [0.25, 0.3) is 0 Å². The van der Waals surface area contributed by atoms with Gasteiger partial charge in [0.05, 0.1) is 11.7 Å². The number of aromatic nitrogens is 3. The second kappa shape index (κ2) is 6.31. The van der Waals surface area contributed by atoms with E-state index in [0.717, 1.165) is 16.3 Å². The summed E-state index contributed by atoms with van der Waals surface area (Å²) in [5.74, 6) is 1.45. The Hall–Kier alpha value is -1.49. The summed E-state index contributed by atoms with van der Waals surface area (Å²) < 4.78 is 2.16. The van der Waals surface area contributed by atoms with Crippen molar-refractivity contribution in [1.82, 2.24) is 14.8 Å². The Morgan fingerprint density at radius 1 is 1.20 bits per heavy atom. The molecule has 0 aromatic carbocycles. The van der Waals surface area contributed by atoms with E-state index < -0.39 is 0 Å². The predicted molar refractivity (Wildman–Crippen MR) is 82.6 cm³/mol. The zero-order chi connectivity index (χ0) is 13.8. The minimum Gasteiger partial charge on any atom is -0.384 e. The molecule has 2 aromatic heterocycles. The number of hydrogen-bond donors (Lipinski definition) is 1. The van der Waals surface area contributed by atoms with E-state index in [1.807, 2.05) is 18.3 Å². The fraction of sp³-hybridized carbons (Fsp3) is 0.467. The molecule has 2 heterocycles. The fourth-order valence-corrected chi connectivity index (χ4v) is 3.40. The highest BCUT2D eigenvalue weighted by Gasteiger charge is 2.15. The number of pyridine rings is 1. The highest BCUT2D eigenvalue weighted by molar-refractivity contribution is 7.98. The summed E-state index contributed by atoms with van der Waals surface area (Å²) in [6.07, 6.45) is 10.6. The summed E-state index contributed by atoms with van der Waals surface area (Å²) in [6, 6.07) is 6.58. The third-order valence-corrected chi connectivity index (χ3v) is 4.77. The Morgan fingerprint density at radius 2 is 2.05 bits per heavy atom. The van der Waals surface area contributed by atoms with Gasteiger partial charge in [0, 0.05) is 23.0 Å². The maximum absolute atomic E-state index is 5.58. The van der Waals surface area contributed by atoms with Crippen LogP contribution in [0.5, 0.6) is 0 Å². The average molecular weight is 288 g/mol. The summed E-state index contributed by atoms with van der Waals surface area (Å²) in [5.41, 5.74) is 6.72. The molecular weight excluding hydrogens is 268 g/mol. The molecule has 0 amide bonds. The second-order valence-electron chi connectivity index (χ2n) is 5.29. The van der Waals surface area contributed by atoms with Gasteiger partial charge >= 0.3 is 0 Å². The molecule has 0 spiro atoms. The van der Waals surface area contributed by atoms with Crippen molar-refractivity contribution in [2.24, 2.45) is 0 Å². The molecule has 2 N–H and O–H groups in total. The number of thioether (sulfide) groups is 1. The average Bonchev–Trinajstić information content (AvgIpc) is 2.97. The van der Waals surface area contributed by atoms with Crippen molar-refractivity contribution in [3.05, 3.63) is 36.3 Å². The van der Waals surface area contributed by atoms with Crippen LogP contribution in [-0.2, 0) is 5.75 Å². The lowest BCUT2D eigenvalue weighted by Gasteiger charge is -2.21. The Labute approximate surface area is 123 Å². The molecule has 1 aliphatic rings. The molecule has 1 fully saturated rings. The number of rotatable bonds is 4. The summed E-state index contributed by atoms with van der Waals surface area (Å²) in [5, 5.41) is 4.72. The van der Waals surface area contributed by atoms with Gasteiger partial charge in [-0.25, -0.2) is 4.98 Å². The first-order valence-corrected chi connectivity index (χ1v) is 8.18. The first kappa shape index (κ1) is 13.5. The molecule has 0 saturated heterocycles. The van der Waals surface area contributed by atoms with Gasteiger partial charge in [-0.1, -0.05) is 19.3 Å². The molecule has 1 saturated carbocycles. The van der Waals surface area contributed by atoms with Gasteiger partial charge in [-0.05, 0) is 31.0 Å². The predicted octanol–water partition coefficient (Wildman–Crippen LogP) is 3.66. The van der Waals surface area contributed by atoms with Crippen LogP contribution in [0.3, 0.4) is 0 Å². The van der Waals surface area contributed by atoms with Gasteiger partial charge in [0.15, 0.2) is 0 Å². The smallest absolute Gasteiger partial charge is 0.123 e. The highest BCUT2D eigenvalue weighted by atomic mass is 32.2. The van der Waals surface area contributed by atoms with E-state index in [2.05, 4.69) is 21.9 Å². The van der Waals surface area contributed by atoms with Crippen LogP contribution in [0.15, 0.2) is 35.5 Å². The summed E-state index contributed by atoms with van der Waals surface area (Å²) >= 11 is 1.75. The van der Waals surface area contributed by atoms with Crippen molar-refractivity contribution in [2.75, 3.05) is 5.73 Å². The molecule has 0 atom stereocenters. The third-order valence-electron chi connectivity index (χ3n) is 3.76. The monoisotopic (exact) mass is 288 g/mol. The lowest BCUT2D eigenvalue weighted by atomic mass is 9.96. The highest BCUT2D eigenvalue weighted by Crippen LogP contribution is 2.28. The zero-order valence-corrected chi connectivity index (χ0v) is 12.4. The molecule has 0 radical (unpaired) electrons. The molecule has 5 heteroatoms. The van der Waals surface area contributed by atoms with Crippen molar-refractivity contribution >= 4 is 17.6 Å². The number of nitrogens with two attached hydrogens (primary N) is 1. The summed E-state index contributed by atoms with van der Waals surface area (Å²) in [6.45, 7) is 0. The van der Waals surface area contributed by atoms with Crippen LogP contribution in [0.1, 0.15) is 43.8 Å². The molecule has 106 valence electrons. The molecular formula is C15H20N4S. The van der Waals surface area contributed by atoms with Crippen LogP contribution < -0.4 is 5.73 Å². The first-order chi connectivity index (χ1) is 9.81. The normalized spacial score (nSPS) is 16.4. The van der Waals surface area contributed by atoms with Crippen LogP contribution in [0.2, 0.25) is 0 Å². The van der Waals surface area contributed by atoms with Crippen LogP contribution in [0, 0.1) is 0 Å². The largest absolute Gasteiger partial charge is 0.384 e. The van der Waals surface area contributed by atoms with Gasteiger partial charge in [0.1, 0.15) is 5.82 Å². The van der Waals surface area contributed by atoms with E-state index in [1.165, 1.54) is 32.1 Å². The van der Waals surface area contributed by atoms with E-state index >= 15 is 0 Å². The third kappa shape index (κ3) is 3.33. The Kier molecular flexibility index (Phi) is 4.25. The van der Waals surface area contributed by atoms with E-state index in [0.29, 0.717) is 11.9 Å². The van der Waals surface area contributed by atoms with Crippen LogP contribution in [-0.4, -0.2) is 14.8 Å². The van der Waals surface area contributed by atoms with Crippen molar-refractivity contribution < 1.29 is 0 Å². The van der Waals surface area contributed by atoms with E-state index in [1.54, 1.807) is 11.8 Å². The van der Waals surface area contributed by atoms with Gasteiger partial charge < -0.3 is 5.73 Å². The fourth-order valence-electron chi connectivity index (χ4n) is 2.64. The minimum absolute atomic E-state index is 0.566. The number of hydrogen-bond acceptors (Lipinski definition) is 4. The number of nitrogen functional groups attached to an aromatic ring is 1. The van der Waals surface area contributed by atoms with Gasteiger partial charge in [0.25, 0.3) is 0 Å². The van der Waals surface area contributed by atoms with E-state index in [4.69, 9.17) is 10.8 Å². The van der Waals surface area contributed by atoms with Gasteiger partial charge in [-0.2, -0.15) is 5.10 Å². The standard InChI is InChI=1S/C15H20N4S/c16-15-7-6-14(10-17-15)20-11-12-8-9-19(18-12)13-4-2-1-3-5-13/h6-10,13H,1-5,11H2,(H2,16,17). The Morgan fingerprint density at radius 3 is 2.80 bits per heavy atom. The number of anilines is 1. The summed E-state index contributed by atoms with van der Waals surface area (Å²) in [4.78, 5) is 5.23. The maximum Gasteiger partial charge on any atom is 0.123 e. The van der Waals surface area contributed by atoms with Crippen LogP contribution >= 0.6 is 11.8 Å². The Balaban J connectivity index is 1.58. The topological polar surface area (TPSA) is 56.7 Å². The first-order valence-electron chi connectivity index (χ1n) is 7.19. The van der Waals surface area contributed by atoms with Gasteiger partial charge in [-0.15, -0.1) is 11.8 Å². The summed E-state index contributed by atoms with van der Waals surface area (Å²) in [7, 11) is 0. The molecule has 4 nitrogen and oxygen atoms in total. The van der Waals surface area contributed by atoms with Crippen molar-refractivity contribution in [3.8, 4) is 0 Å². The molecule has 2 aromatic rings. The van der Waals surface area contributed by atoms with Gasteiger partial charge in [0.2, 0.25) is 0 Å². The molecule has 0 bridgehead atoms. The molecule has 1 aliphatic carbocycles.